The van der Waals surface area contributed by atoms with E-state index in [-0.39, 0.29) is 4.90 Å². The first-order valence-corrected chi connectivity index (χ1v) is 8.25. The maximum absolute atomic E-state index is 12.3. The van der Waals surface area contributed by atoms with Crippen molar-refractivity contribution in [2.24, 2.45) is 5.73 Å². The minimum atomic E-state index is -3.54. The summed E-state index contributed by atoms with van der Waals surface area (Å²) in [6.07, 6.45) is 2.61. The lowest BCUT2D eigenvalue weighted by Crippen LogP contribution is -2.25. The van der Waals surface area contributed by atoms with Crippen LogP contribution < -0.4 is 15.2 Å². The number of nitrogens with one attached hydrogen (secondary N) is 1. The topological polar surface area (TPSA) is 81.4 Å². The largest absolute Gasteiger partial charge is 0.495 e. The van der Waals surface area contributed by atoms with Crippen molar-refractivity contribution in [2.75, 3.05) is 20.2 Å². The van der Waals surface area contributed by atoms with Crippen LogP contribution in [0.25, 0.3) is 0 Å². The molecular formula is C14H24N2O3S. The van der Waals surface area contributed by atoms with E-state index in [1.807, 2.05) is 13.8 Å². The van der Waals surface area contributed by atoms with Crippen LogP contribution in [0.4, 0.5) is 0 Å². The standard InChI is InChI=1S/C14H24N2O3S/c1-11-9-13(19-3)14(10-12(11)2)20(17,18)16-8-6-4-5-7-15/h9-10,16H,4-8,15H2,1-3H3. The summed E-state index contributed by atoms with van der Waals surface area (Å²) < 4.78 is 32.4. The van der Waals surface area contributed by atoms with Crippen molar-refractivity contribution in [1.29, 1.82) is 0 Å². The van der Waals surface area contributed by atoms with Crippen molar-refractivity contribution in [2.45, 2.75) is 38.0 Å². The number of benzene rings is 1. The molecule has 0 saturated carbocycles. The minimum Gasteiger partial charge on any atom is -0.495 e. The van der Waals surface area contributed by atoms with Crippen LogP contribution >= 0.6 is 0 Å². The van der Waals surface area contributed by atoms with E-state index in [9.17, 15) is 8.42 Å². The van der Waals surface area contributed by atoms with Crippen molar-refractivity contribution in [3.63, 3.8) is 0 Å². The van der Waals surface area contributed by atoms with Crippen LogP contribution in [0.3, 0.4) is 0 Å². The molecule has 0 aliphatic heterocycles. The molecule has 1 aromatic carbocycles. The minimum absolute atomic E-state index is 0.196. The monoisotopic (exact) mass is 300 g/mol. The van der Waals surface area contributed by atoms with Gasteiger partial charge in [-0.1, -0.05) is 6.42 Å². The van der Waals surface area contributed by atoms with Crippen molar-refractivity contribution in [3.05, 3.63) is 23.3 Å². The molecule has 114 valence electrons. The van der Waals surface area contributed by atoms with Crippen LogP contribution in [0.2, 0.25) is 0 Å². The fourth-order valence-electron chi connectivity index (χ4n) is 1.86. The highest BCUT2D eigenvalue weighted by Gasteiger charge is 2.19. The fraction of sp³-hybridized carbons (Fsp3) is 0.571. The molecule has 0 aliphatic carbocycles. The van der Waals surface area contributed by atoms with E-state index < -0.39 is 10.0 Å². The highest BCUT2D eigenvalue weighted by Crippen LogP contribution is 2.27. The third-order valence-electron chi connectivity index (χ3n) is 3.24. The van der Waals surface area contributed by atoms with E-state index >= 15 is 0 Å². The Morgan fingerprint density at radius 2 is 1.80 bits per heavy atom. The van der Waals surface area contributed by atoms with Gasteiger partial charge in [-0.2, -0.15) is 0 Å². The smallest absolute Gasteiger partial charge is 0.244 e. The molecule has 0 fully saturated rings. The number of unbranched alkanes of at least 4 members (excludes halogenated alkanes) is 2. The Balaban J connectivity index is 2.84. The quantitative estimate of drug-likeness (QED) is 0.716. The summed E-state index contributed by atoms with van der Waals surface area (Å²) in [5, 5.41) is 0. The number of methoxy groups -OCH3 is 1. The van der Waals surface area contributed by atoms with Gasteiger partial charge in [-0.3, -0.25) is 0 Å². The first-order valence-electron chi connectivity index (χ1n) is 6.77. The van der Waals surface area contributed by atoms with Gasteiger partial charge in [0.15, 0.2) is 0 Å². The molecule has 0 aromatic heterocycles. The summed E-state index contributed by atoms with van der Waals surface area (Å²) in [4.78, 5) is 0.196. The number of sulfonamides is 1. The van der Waals surface area contributed by atoms with Gasteiger partial charge in [-0.05, 0) is 56.5 Å². The number of nitrogens with two attached hydrogens (primary N) is 1. The molecule has 0 unspecified atom stereocenters. The molecule has 0 atom stereocenters. The third kappa shape index (κ3) is 4.47. The maximum atomic E-state index is 12.3. The van der Waals surface area contributed by atoms with Crippen molar-refractivity contribution < 1.29 is 13.2 Å². The van der Waals surface area contributed by atoms with Gasteiger partial charge in [0, 0.05) is 6.54 Å². The van der Waals surface area contributed by atoms with Gasteiger partial charge in [0.1, 0.15) is 10.6 Å². The van der Waals surface area contributed by atoms with E-state index in [1.165, 1.54) is 7.11 Å². The van der Waals surface area contributed by atoms with E-state index in [2.05, 4.69) is 4.72 Å². The summed E-state index contributed by atoms with van der Waals surface area (Å²) in [5.41, 5.74) is 7.33. The number of rotatable bonds is 8. The van der Waals surface area contributed by atoms with Gasteiger partial charge in [0.2, 0.25) is 10.0 Å². The van der Waals surface area contributed by atoms with Crippen LogP contribution in [-0.2, 0) is 10.0 Å². The summed E-state index contributed by atoms with van der Waals surface area (Å²) in [6.45, 7) is 4.86. The first-order chi connectivity index (χ1) is 9.42. The Labute approximate surface area is 121 Å². The Morgan fingerprint density at radius 3 is 2.40 bits per heavy atom. The van der Waals surface area contributed by atoms with Crippen LogP contribution in [0.1, 0.15) is 30.4 Å². The molecular weight excluding hydrogens is 276 g/mol. The van der Waals surface area contributed by atoms with E-state index in [1.54, 1.807) is 12.1 Å². The van der Waals surface area contributed by atoms with Gasteiger partial charge < -0.3 is 10.5 Å². The van der Waals surface area contributed by atoms with Gasteiger partial charge in [0.05, 0.1) is 7.11 Å². The highest BCUT2D eigenvalue weighted by molar-refractivity contribution is 7.89. The van der Waals surface area contributed by atoms with Gasteiger partial charge >= 0.3 is 0 Å². The molecule has 1 aromatic rings. The van der Waals surface area contributed by atoms with E-state index in [0.717, 1.165) is 30.4 Å². The van der Waals surface area contributed by atoms with E-state index in [4.69, 9.17) is 10.5 Å². The van der Waals surface area contributed by atoms with Crippen LogP contribution in [0.5, 0.6) is 5.75 Å². The summed E-state index contributed by atoms with van der Waals surface area (Å²) in [6, 6.07) is 3.40. The Kier molecular flexibility index (Phi) is 6.45. The van der Waals surface area contributed by atoms with Gasteiger partial charge in [-0.15, -0.1) is 0 Å². The average molecular weight is 300 g/mol. The predicted octanol–water partition coefficient (Wildman–Crippen LogP) is 1.72. The first kappa shape index (κ1) is 16.9. The fourth-order valence-corrected chi connectivity index (χ4v) is 3.17. The predicted molar refractivity (Wildman–Crippen MR) is 80.6 cm³/mol. The molecule has 0 amide bonds. The molecule has 3 N–H and O–H groups in total. The molecule has 20 heavy (non-hydrogen) atoms. The van der Waals surface area contributed by atoms with Crippen LogP contribution in [0, 0.1) is 13.8 Å². The summed E-state index contributed by atoms with van der Waals surface area (Å²) in [7, 11) is -2.06. The van der Waals surface area contributed by atoms with Crippen molar-refractivity contribution in [3.8, 4) is 5.75 Å². The Hall–Kier alpha value is -1.11. The lowest BCUT2D eigenvalue weighted by molar-refractivity contribution is 0.401. The number of hydrogen-bond acceptors (Lipinski definition) is 4. The van der Waals surface area contributed by atoms with Crippen molar-refractivity contribution >= 4 is 10.0 Å². The second-order valence-corrected chi connectivity index (χ2v) is 6.57. The normalized spacial score (nSPS) is 11.6. The molecule has 0 aliphatic rings. The molecule has 0 heterocycles. The second kappa shape index (κ2) is 7.61. The lowest BCUT2D eigenvalue weighted by atomic mass is 10.1. The van der Waals surface area contributed by atoms with Gasteiger partial charge in [-0.25, -0.2) is 13.1 Å². The Bertz CT molecular complexity index is 542. The highest BCUT2D eigenvalue weighted by atomic mass is 32.2. The maximum Gasteiger partial charge on any atom is 0.244 e. The van der Waals surface area contributed by atoms with Crippen LogP contribution in [-0.4, -0.2) is 28.6 Å². The van der Waals surface area contributed by atoms with Gasteiger partial charge in [0.25, 0.3) is 0 Å². The van der Waals surface area contributed by atoms with Crippen molar-refractivity contribution in [1.82, 2.24) is 4.72 Å². The second-order valence-electron chi connectivity index (χ2n) is 4.83. The van der Waals surface area contributed by atoms with Crippen LogP contribution in [0.15, 0.2) is 17.0 Å². The zero-order valence-electron chi connectivity index (χ0n) is 12.4. The third-order valence-corrected chi connectivity index (χ3v) is 4.72. The molecule has 0 spiro atoms. The molecule has 5 nitrogen and oxygen atoms in total. The van der Waals surface area contributed by atoms with E-state index in [0.29, 0.717) is 18.8 Å². The average Bonchev–Trinajstić information content (AvgIpc) is 2.41. The lowest BCUT2D eigenvalue weighted by Gasteiger charge is -2.13. The molecule has 1 rings (SSSR count). The Morgan fingerprint density at radius 1 is 1.15 bits per heavy atom. The number of hydrogen-bond donors (Lipinski definition) is 2. The zero-order chi connectivity index (χ0) is 15.2. The number of aryl methyl sites for hydroxylation is 2. The summed E-state index contributed by atoms with van der Waals surface area (Å²) >= 11 is 0. The molecule has 0 bridgehead atoms. The molecule has 0 radical (unpaired) electrons. The number of ether oxygens (including phenoxy) is 1. The zero-order valence-corrected chi connectivity index (χ0v) is 13.2. The SMILES string of the molecule is COc1cc(C)c(C)cc1S(=O)(=O)NCCCCCN. The summed E-state index contributed by atoms with van der Waals surface area (Å²) in [5.74, 6) is 0.377. The molecule has 6 heteroatoms. The molecule has 0 saturated heterocycles.